The van der Waals surface area contributed by atoms with E-state index < -0.39 is 0 Å². The molecule has 1 aliphatic heterocycles. The van der Waals surface area contributed by atoms with E-state index in [0.29, 0.717) is 12.2 Å². The topological polar surface area (TPSA) is 46.1 Å². The van der Waals surface area contributed by atoms with Crippen molar-refractivity contribution in [1.82, 2.24) is 14.9 Å². The third-order valence-corrected chi connectivity index (χ3v) is 4.66. The zero-order valence-electron chi connectivity index (χ0n) is 11.0. The van der Waals surface area contributed by atoms with Crippen molar-refractivity contribution in [3.05, 3.63) is 45.2 Å². The fourth-order valence-electron chi connectivity index (χ4n) is 2.33. The molecule has 0 saturated carbocycles. The molecule has 3 heterocycles. The van der Waals surface area contributed by atoms with E-state index in [0.717, 1.165) is 24.2 Å². The van der Waals surface area contributed by atoms with Gasteiger partial charge in [0.15, 0.2) is 0 Å². The lowest BCUT2D eigenvalue weighted by Crippen LogP contribution is -2.36. The molecule has 0 saturated heterocycles. The van der Waals surface area contributed by atoms with E-state index in [9.17, 15) is 4.79 Å². The molecule has 0 bridgehead atoms. The first-order chi connectivity index (χ1) is 9.16. The van der Waals surface area contributed by atoms with Crippen molar-refractivity contribution in [1.29, 1.82) is 0 Å². The maximum absolute atomic E-state index is 12.5. The maximum Gasteiger partial charge on any atom is 0.273 e. The number of hydrogen-bond donors (Lipinski definition) is 0. The molecule has 0 N–H and O–H groups in total. The summed E-state index contributed by atoms with van der Waals surface area (Å²) in [5, 5.41) is 2.10. The molecule has 4 nitrogen and oxygen atoms in total. The standard InChI is InChI=1S/C14H15N3OS/c1-9-10(2)15-8-16-13(9)14(18)17-5-3-12-11(7-17)4-6-19-12/h4,6,8H,3,5,7H2,1-2H3. The zero-order chi connectivity index (χ0) is 13.4. The van der Waals surface area contributed by atoms with Crippen LogP contribution in [0.1, 0.15) is 32.2 Å². The number of rotatable bonds is 1. The number of hydrogen-bond acceptors (Lipinski definition) is 4. The third kappa shape index (κ3) is 2.14. The number of aryl methyl sites for hydroxylation is 1. The number of nitrogens with zero attached hydrogens (tertiary/aromatic N) is 3. The Bertz CT molecular complexity index is 635. The molecule has 0 atom stereocenters. The zero-order valence-corrected chi connectivity index (χ0v) is 11.8. The van der Waals surface area contributed by atoms with Crippen molar-refractivity contribution in [2.75, 3.05) is 6.54 Å². The van der Waals surface area contributed by atoms with Crippen LogP contribution in [-0.2, 0) is 13.0 Å². The summed E-state index contributed by atoms with van der Waals surface area (Å²) < 4.78 is 0. The van der Waals surface area contributed by atoms with Gasteiger partial charge in [-0.05, 0) is 37.3 Å². The van der Waals surface area contributed by atoms with Crippen molar-refractivity contribution in [2.45, 2.75) is 26.8 Å². The van der Waals surface area contributed by atoms with Gasteiger partial charge < -0.3 is 4.90 Å². The monoisotopic (exact) mass is 273 g/mol. The van der Waals surface area contributed by atoms with Gasteiger partial charge in [0.2, 0.25) is 0 Å². The number of thiophene rings is 1. The Kier molecular flexibility index (Phi) is 3.06. The maximum atomic E-state index is 12.5. The predicted octanol–water partition coefficient (Wildman–Crippen LogP) is 2.35. The van der Waals surface area contributed by atoms with Gasteiger partial charge in [-0.1, -0.05) is 0 Å². The lowest BCUT2D eigenvalue weighted by Gasteiger charge is -2.27. The van der Waals surface area contributed by atoms with Crippen molar-refractivity contribution in [2.24, 2.45) is 0 Å². The van der Waals surface area contributed by atoms with Gasteiger partial charge in [-0.2, -0.15) is 0 Å². The summed E-state index contributed by atoms with van der Waals surface area (Å²) in [4.78, 5) is 24.1. The molecule has 0 fully saturated rings. The number of aromatic nitrogens is 2. The van der Waals surface area contributed by atoms with Gasteiger partial charge in [0, 0.05) is 29.2 Å². The lowest BCUT2D eigenvalue weighted by atomic mass is 10.1. The van der Waals surface area contributed by atoms with E-state index in [1.54, 1.807) is 11.3 Å². The van der Waals surface area contributed by atoms with Crippen LogP contribution in [0.25, 0.3) is 0 Å². The first kappa shape index (κ1) is 12.3. The molecule has 1 aliphatic rings. The van der Waals surface area contributed by atoms with Gasteiger partial charge in [-0.15, -0.1) is 11.3 Å². The van der Waals surface area contributed by atoms with E-state index >= 15 is 0 Å². The predicted molar refractivity (Wildman–Crippen MR) is 74.3 cm³/mol. The fourth-order valence-corrected chi connectivity index (χ4v) is 3.22. The smallest absolute Gasteiger partial charge is 0.273 e. The first-order valence-electron chi connectivity index (χ1n) is 6.29. The quantitative estimate of drug-likeness (QED) is 0.801. The van der Waals surface area contributed by atoms with Crippen LogP contribution in [0.4, 0.5) is 0 Å². The third-order valence-electron chi connectivity index (χ3n) is 3.63. The molecule has 2 aromatic heterocycles. The van der Waals surface area contributed by atoms with Crippen LogP contribution >= 0.6 is 11.3 Å². The molecule has 19 heavy (non-hydrogen) atoms. The van der Waals surface area contributed by atoms with Crippen LogP contribution in [0.3, 0.4) is 0 Å². The summed E-state index contributed by atoms with van der Waals surface area (Å²) in [6, 6.07) is 2.11. The van der Waals surface area contributed by atoms with E-state index in [4.69, 9.17) is 0 Å². The average molecular weight is 273 g/mol. The van der Waals surface area contributed by atoms with E-state index in [2.05, 4.69) is 21.4 Å². The number of fused-ring (bicyclic) bond motifs is 1. The van der Waals surface area contributed by atoms with E-state index in [-0.39, 0.29) is 5.91 Å². The Morgan fingerprint density at radius 3 is 3.05 bits per heavy atom. The summed E-state index contributed by atoms with van der Waals surface area (Å²) in [6.07, 6.45) is 2.41. The summed E-state index contributed by atoms with van der Waals surface area (Å²) in [5.41, 5.74) is 3.55. The Morgan fingerprint density at radius 2 is 2.21 bits per heavy atom. The first-order valence-corrected chi connectivity index (χ1v) is 7.17. The SMILES string of the molecule is Cc1ncnc(C(=O)N2CCc3sccc3C2)c1C. The number of carbonyl (C=O) groups excluding carboxylic acids is 1. The van der Waals surface area contributed by atoms with Gasteiger partial charge in [0.1, 0.15) is 12.0 Å². The van der Waals surface area contributed by atoms with Gasteiger partial charge in [0.25, 0.3) is 5.91 Å². The second kappa shape index (κ2) is 4.74. The minimum absolute atomic E-state index is 0.0138. The fraction of sp³-hybridized carbons (Fsp3) is 0.357. The van der Waals surface area contributed by atoms with Crippen LogP contribution in [-0.4, -0.2) is 27.3 Å². The molecule has 98 valence electrons. The number of amides is 1. The molecule has 0 unspecified atom stereocenters. The Hall–Kier alpha value is -1.75. The second-order valence-electron chi connectivity index (χ2n) is 4.78. The molecule has 2 aromatic rings. The highest BCUT2D eigenvalue weighted by Gasteiger charge is 2.24. The average Bonchev–Trinajstić information content (AvgIpc) is 2.88. The minimum atomic E-state index is 0.0138. The molecular weight excluding hydrogens is 258 g/mol. The van der Waals surface area contributed by atoms with Gasteiger partial charge in [0.05, 0.1) is 0 Å². The van der Waals surface area contributed by atoms with Gasteiger partial charge in [-0.3, -0.25) is 4.79 Å². The molecule has 5 heteroatoms. The summed E-state index contributed by atoms with van der Waals surface area (Å²) in [5.74, 6) is 0.0138. The normalized spacial score (nSPS) is 14.3. The summed E-state index contributed by atoms with van der Waals surface area (Å²) >= 11 is 1.78. The Morgan fingerprint density at radius 1 is 1.37 bits per heavy atom. The number of carbonyl (C=O) groups is 1. The molecule has 0 radical (unpaired) electrons. The van der Waals surface area contributed by atoms with Crippen LogP contribution in [0.15, 0.2) is 17.8 Å². The van der Waals surface area contributed by atoms with Crippen molar-refractivity contribution < 1.29 is 4.79 Å². The van der Waals surface area contributed by atoms with Crippen LogP contribution in [0, 0.1) is 13.8 Å². The second-order valence-corrected chi connectivity index (χ2v) is 5.78. The molecule has 0 spiro atoms. The molecule has 0 aromatic carbocycles. The highest BCUT2D eigenvalue weighted by molar-refractivity contribution is 7.10. The molecule has 0 aliphatic carbocycles. The van der Waals surface area contributed by atoms with Crippen molar-refractivity contribution in [3.8, 4) is 0 Å². The molecule has 3 rings (SSSR count). The van der Waals surface area contributed by atoms with Crippen molar-refractivity contribution >= 4 is 17.2 Å². The van der Waals surface area contributed by atoms with Crippen LogP contribution in [0.5, 0.6) is 0 Å². The van der Waals surface area contributed by atoms with Gasteiger partial charge in [-0.25, -0.2) is 9.97 Å². The minimum Gasteiger partial charge on any atom is -0.333 e. The lowest BCUT2D eigenvalue weighted by molar-refractivity contribution is 0.0728. The Labute approximate surface area is 116 Å². The van der Waals surface area contributed by atoms with Gasteiger partial charge >= 0.3 is 0 Å². The Balaban J connectivity index is 1.88. The highest BCUT2D eigenvalue weighted by Crippen LogP contribution is 2.25. The molecule has 1 amide bonds. The van der Waals surface area contributed by atoms with Crippen LogP contribution < -0.4 is 0 Å². The molecular formula is C14H15N3OS. The van der Waals surface area contributed by atoms with Crippen LogP contribution in [0.2, 0.25) is 0 Å². The summed E-state index contributed by atoms with van der Waals surface area (Å²) in [7, 11) is 0. The van der Waals surface area contributed by atoms with Crippen molar-refractivity contribution in [3.63, 3.8) is 0 Å². The highest BCUT2D eigenvalue weighted by atomic mass is 32.1. The van der Waals surface area contributed by atoms with E-state index in [1.807, 2.05) is 18.7 Å². The largest absolute Gasteiger partial charge is 0.333 e. The van der Waals surface area contributed by atoms with E-state index in [1.165, 1.54) is 16.8 Å². The summed E-state index contributed by atoms with van der Waals surface area (Å²) in [6.45, 7) is 5.28.